The quantitative estimate of drug-likeness (QED) is 0.876. The van der Waals surface area contributed by atoms with Crippen molar-refractivity contribution in [2.45, 2.75) is 26.8 Å². The fourth-order valence-corrected chi connectivity index (χ4v) is 2.78. The number of rotatable bonds is 3. The van der Waals surface area contributed by atoms with Gasteiger partial charge in [0, 0.05) is 33.1 Å². The Hall–Kier alpha value is -1.39. The van der Waals surface area contributed by atoms with Gasteiger partial charge in [-0.2, -0.15) is 0 Å². The van der Waals surface area contributed by atoms with Crippen LogP contribution in [0.3, 0.4) is 0 Å². The Morgan fingerprint density at radius 3 is 2.76 bits per heavy atom. The van der Waals surface area contributed by atoms with Crippen LogP contribution in [-0.2, 0) is 13.0 Å². The molecular weight excluding hydrogens is 232 g/mol. The highest BCUT2D eigenvalue weighted by atomic mass is 32.1. The van der Waals surface area contributed by atoms with E-state index < -0.39 is 0 Å². The van der Waals surface area contributed by atoms with Gasteiger partial charge in [0.2, 0.25) is 0 Å². The van der Waals surface area contributed by atoms with Gasteiger partial charge in [0.15, 0.2) is 0 Å². The minimum atomic E-state index is 0.0179. The monoisotopic (exact) mass is 248 g/mol. The molecule has 3 N–H and O–H groups in total. The average Bonchev–Trinajstić information content (AvgIpc) is 2.78. The molecule has 0 aromatic carbocycles. The molecule has 0 atom stereocenters. The lowest BCUT2D eigenvalue weighted by Gasteiger charge is -2.05. The molecule has 0 spiro atoms. The van der Waals surface area contributed by atoms with Crippen molar-refractivity contribution in [2.24, 2.45) is 5.73 Å². The highest BCUT2D eigenvalue weighted by Crippen LogP contribution is 2.29. The zero-order valence-electron chi connectivity index (χ0n) is 10.0. The number of pyridine rings is 1. The Morgan fingerprint density at radius 1 is 1.41 bits per heavy atom. The number of aryl methyl sites for hydroxylation is 2. The third kappa shape index (κ3) is 2.33. The van der Waals surface area contributed by atoms with Crippen molar-refractivity contribution in [1.29, 1.82) is 0 Å². The first-order chi connectivity index (χ1) is 8.15. The third-order valence-electron chi connectivity index (χ3n) is 2.82. The van der Waals surface area contributed by atoms with Gasteiger partial charge in [0.05, 0.1) is 0 Å². The summed E-state index contributed by atoms with van der Waals surface area (Å²) in [6.45, 7) is 4.48. The number of aromatic nitrogens is 1. The lowest BCUT2D eigenvalue weighted by atomic mass is 10.1. The van der Waals surface area contributed by atoms with Crippen molar-refractivity contribution >= 4 is 11.3 Å². The summed E-state index contributed by atoms with van der Waals surface area (Å²) in [4.78, 5) is 16.9. The van der Waals surface area contributed by atoms with Gasteiger partial charge in [-0.25, -0.2) is 0 Å². The molecule has 4 heteroatoms. The Morgan fingerprint density at radius 2 is 2.18 bits per heavy atom. The Labute approximate surface area is 104 Å². The van der Waals surface area contributed by atoms with Gasteiger partial charge in [-0.15, -0.1) is 11.3 Å². The molecular formula is C13H16N2OS. The molecule has 0 aliphatic heterocycles. The van der Waals surface area contributed by atoms with Gasteiger partial charge in [0.1, 0.15) is 0 Å². The van der Waals surface area contributed by atoms with Crippen LogP contribution in [-0.4, -0.2) is 4.98 Å². The molecule has 90 valence electrons. The van der Waals surface area contributed by atoms with Crippen LogP contribution in [0.2, 0.25) is 0 Å². The number of H-pyrrole nitrogens is 1. The first-order valence-electron chi connectivity index (χ1n) is 5.67. The molecule has 3 nitrogen and oxygen atoms in total. The number of aromatic amines is 1. The van der Waals surface area contributed by atoms with Crippen molar-refractivity contribution in [3.8, 4) is 10.4 Å². The van der Waals surface area contributed by atoms with Crippen molar-refractivity contribution in [3.63, 3.8) is 0 Å². The van der Waals surface area contributed by atoms with Crippen LogP contribution in [0, 0.1) is 6.92 Å². The molecule has 0 radical (unpaired) electrons. The predicted octanol–water partition coefficient (Wildman–Crippen LogP) is 2.43. The highest BCUT2D eigenvalue weighted by molar-refractivity contribution is 7.15. The largest absolute Gasteiger partial charge is 0.326 e. The van der Waals surface area contributed by atoms with E-state index in [1.807, 2.05) is 26.0 Å². The van der Waals surface area contributed by atoms with Crippen molar-refractivity contribution in [3.05, 3.63) is 44.7 Å². The lowest BCUT2D eigenvalue weighted by Crippen LogP contribution is -2.13. The number of hydrogen-bond donors (Lipinski definition) is 2. The standard InChI is InChI=1S/C13H16N2OS/c1-3-9-6-11(8(2)15-13(9)16)12-5-4-10(7-14)17-12/h4-6H,3,7,14H2,1-2H3,(H,15,16). The summed E-state index contributed by atoms with van der Waals surface area (Å²) in [5.74, 6) is 0. The second kappa shape index (κ2) is 4.85. The highest BCUT2D eigenvalue weighted by Gasteiger charge is 2.08. The lowest BCUT2D eigenvalue weighted by molar-refractivity contribution is 1.03. The number of nitrogens with one attached hydrogen (secondary N) is 1. The third-order valence-corrected chi connectivity index (χ3v) is 3.97. The first-order valence-corrected chi connectivity index (χ1v) is 6.49. The van der Waals surface area contributed by atoms with Crippen LogP contribution in [0.15, 0.2) is 23.0 Å². The van der Waals surface area contributed by atoms with Crippen LogP contribution >= 0.6 is 11.3 Å². The van der Waals surface area contributed by atoms with Gasteiger partial charge in [0.25, 0.3) is 5.56 Å². The summed E-state index contributed by atoms with van der Waals surface area (Å²) < 4.78 is 0. The van der Waals surface area contributed by atoms with E-state index in [0.29, 0.717) is 6.54 Å². The molecule has 0 unspecified atom stereocenters. The molecule has 0 aliphatic carbocycles. The summed E-state index contributed by atoms with van der Waals surface area (Å²) in [6, 6.07) is 6.09. The van der Waals surface area contributed by atoms with E-state index in [1.165, 1.54) is 0 Å². The normalized spacial score (nSPS) is 10.8. The fourth-order valence-electron chi connectivity index (χ4n) is 1.82. The van der Waals surface area contributed by atoms with Crippen molar-refractivity contribution < 1.29 is 0 Å². The maximum atomic E-state index is 11.6. The Balaban J connectivity index is 2.54. The summed E-state index contributed by atoms with van der Waals surface area (Å²) >= 11 is 1.68. The van der Waals surface area contributed by atoms with E-state index in [1.54, 1.807) is 11.3 Å². The molecule has 0 aliphatic rings. The van der Waals surface area contributed by atoms with Crippen molar-refractivity contribution in [1.82, 2.24) is 4.98 Å². The van der Waals surface area contributed by atoms with E-state index in [9.17, 15) is 4.79 Å². The zero-order valence-corrected chi connectivity index (χ0v) is 10.9. The summed E-state index contributed by atoms with van der Waals surface area (Å²) in [7, 11) is 0. The van der Waals surface area contributed by atoms with Crippen LogP contribution in [0.5, 0.6) is 0 Å². The Kier molecular flexibility index (Phi) is 3.45. The second-order valence-corrected chi connectivity index (χ2v) is 5.15. The molecule has 0 saturated carbocycles. The summed E-state index contributed by atoms with van der Waals surface area (Å²) in [5, 5.41) is 0. The van der Waals surface area contributed by atoms with E-state index in [0.717, 1.165) is 33.0 Å². The minimum absolute atomic E-state index is 0.0179. The predicted molar refractivity (Wildman–Crippen MR) is 72.4 cm³/mol. The average molecular weight is 248 g/mol. The second-order valence-electron chi connectivity index (χ2n) is 3.99. The molecule has 0 amide bonds. The molecule has 2 heterocycles. The van der Waals surface area contributed by atoms with Crippen LogP contribution in [0.4, 0.5) is 0 Å². The van der Waals surface area contributed by atoms with Crippen molar-refractivity contribution in [2.75, 3.05) is 0 Å². The first kappa shape index (κ1) is 12.1. The van der Waals surface area contributed by atoms with E-state index in [4.69, 9.17) is 5.73 Å². The summed E-state index contributed by atoms with van der Waals surface area (Å²) in [6.07, 6.45) is 0.748. The number of hydrogen-bond acceptors (Lipinski definition) is 3. The molecule has 2 rings (SSSR count). The fraction of sp³-hybridized carbons (Fsp3) is 0.308. The number of thiophene rings is 1. The van der Waals surface area contributed by atoms with Crippen LogP contribution in [0.25, 0.3) is 10.4 Å². The van der Waals surface area contributed by atoms with E-state index in [2.05, 4.69) is 11.1 Å². The van der Waals surface area contributed by atoms with E-state index in [-0.39, 0.29) is 5.56 Å². The van der Waals surface area contributed by atoms with Gasteiger partial charge >= 0.3 is 0 Å². The van der Waals surface area contributed by atoms with Gasteiger partial charge in [-0.05, 0) is 31.5 Å². The van der Waals surface area contributed by atoms with Gasteiger partial charge in [-0.1, -0.05) is 6.92 Å². The maximum absolute atomic E-state index is 11.6. The van der Waals surface area contributed by atoms with Crippen LogP contribution in [0.1, 0.15) is 23.1 Å². The zero-order chi connectivity index (χ0) is 12.4. The molecule has 2 aromatic heterocycles. The van der Waals surface area contributed by atoms with Gasteiger partial charge in [-0.3, -0.25) is 4.79 Å². The van der Waals surface area contributed by atoms with Gasteiger partial charge < -0.3 is 10.7 Å². The number of nitrogens with two attached hydrogens (primary N) is 1. The van der Waals surface area contributed by atoms with Crippen LogP contribution < -0.4 is 11.3 Å². The topological polar surface area (TPSA) is 58.9 Å². The maximum Gasteiger partial charge on any atom is 0.251 e. The molecule has 0 saturated heterocycles. The molecule has 2 aromatic rings. The molecule has 17 heavy (non-hydrogen) atoms. The smallest absolute Gasteiger partial charge is 0.251 e. The minimum Gasteiger partial charge on any atom is -0.326 e. The van der Waals surface area contributed by atoms with E-state index >= 15 is 0 Å². The summed E-state index contributed by atoms with van der Waals surface area (Å²) in [5.41, 5.74) is 8.47. The molecule has 0 fully saturated rings. The Bertz CT molecular complexity index is 583. The molecule has 0 bridgehead atoms. The SMILES string of the molecule is CCc1cc(-c2ccc(CN)s2)c(C)[nH]c1=O.